The average molecular weight is 302 g/mol. The van der Waals surface area contributed by atoms with Gasteiger partial charge in [-0.2, -0.15) is 0 Å². The molecule has 0 aliphatic carbocycles. The van der Waals surface area contributed by atoms with Crippen LogP contribution in [-0.2, 0) is 9.53 Å². The van der Waals surface area contributed by atoms with Crippen LogP contribution in [0.2, 0.25) is 0 Å². The SMILES string of the molecule is C#CCNC(C(=O)OC)c1cc(Br)c(C)s1. The van der Waals surface area contributed by atoms with E-state index < -0.39 is 6.04 Å². The Morgan fingerprint density at radius 2 is 2.50 bits per heavy atom. The third kappa shape index (κ3) is 3.08. The van der Waals surface area contributed by atoms with E-state index in [0.717, 1.165) is 14.2 Å². The molecule has 0 aliphatic rings. The summed E-state index contributed by atoms with van der Waals surface area (Å²) >= 11 is 4.95. The summed E-state index contributed by atoms with van der Waals surface area (Å²) in [4.78, 5) is 13.6. The van der Waals surface area contributed by atoms with E-state index in [9.17, 15) is 4.79 Å². The van der Waals surface area contributed by atoms with Gasteiger partial charge in [-0.15, -0.1) is 17.8 Å². The number of carbonyl (C=O) groups excluding carboxylic acids is 1. The molecule has 0 aliphatic heterocycles. The fraction of sp³-hybridized carbons (Fsp3) is 0.364. The van der Waals surface area contributed by atoms with Gasteiger partial charge in [-0.25, -0.2) is 4.79 Å². The van der Waals surface area contributed by atoms with Gasteiger partial charge < -0.3 is 4.74 Å². The fourth-order valence-corrected chi connectivity index (χ4v) is 2.83. The molecule has 0 saturated heterocycles. The molecular formula is C11H12BrNO2S. The molecule has 3 nitrogen and oxygen atoms in total. The van der Waals surface area contributed by atoms with Crippen molar-refractivity contribution in [1.82, 2.24) is 5.32 Å². The highest BCUT2D eigenvalue weighted by Gasteiger charge is 2.22. The topological polar surface area (TPSA) is 38.3 Å². The van der Waals surface area contributed by atoms with Crippen molar-refractivity contribution >= 4 is 33.2 Å². The highest BCUT2D eigenvalue weighted by molar-refractivity contribution is 9.10. The Balaban J connectivity index is 2.92. The van der Waals surface area contributed by atoms with Gasteiger partial charge in [0.1, 0.15) is 6.04 Å². The molecule has 1 heterocycles. The van der Waals surface area contributed by atoms with Crippen molar-refractivity contribution in [3.8, 4) is 12.3 Å². The second-order valence-corrected chi connectivity index (χ2v) is 5.24. The van der Waals surface area contributed by atoms with Gasteiger partial charge in [0, 0.05) is 14.2 Å². The molecule has 0 fully saturated rings. The Bertz CT molecular complexity index is 403. The van der Waals surface area contributed by atoms with Gasteiger partial charge >= 0.3 is 5.97 Å². The van der Waals surface area contributed by atoms with Gasteiger partial charge in [0.15, 0.2) is 0 Å². The maximum absolute atomic E-state index is 11.6. The number of carbonyl (C=O) groups is 1. The predicted octanol–water partition coefficient (Wildman–Crippen LogP) is 2.26. The summed E-state index contributed by atoms with van der Waals surface area (Å²) in [5.41, 5.74) is 0. The first-order valence-corrected chi connectivity index (χ1v) is 6.21. The van der Waals surface area contributed by atoms with Crippen LogP contribution in [0.4, 0.5) is 0 Å². The number of halogens is 1. The highest BCUT2D eigenvalue weighted by atomic mass is 79.9. The van der Waals surface area contributed by atoms with Gasteiger partial charge in [-0.3, -0.25) is 5.32 Å². The molecule has 1 N–H and O–H groups in total. The van der Waals surface area contributed by atoms with Crippen LogP contribution >= 0.6 is 27.3 Å². The first kappa shape index (κ1) is 13.2. The summed E-state index contributed by atoms with van der Waals surface area (Å²) in [6, 6.07) is 1.42. The Labute approximate surface area is 107 Å². The van der Waals surface area contributed by atoms with Crippen molar-refractivity contribution in [2.24, 2.45) is 0 Å². The third-order valence-corrected chi connectivity index (χ3v) is 4.21. The fourth-order valence-electron chi connectivity index (χ4n) is 1.20. The van der Waals surface area contributed by atoms with Crippen LogP contribution in [0.25, 0.3) is 0 Å². The smallest absolute Gasteiger partial charge is 0.328 e. The van der Waals surface area contributed by atoms with Crippen molar-refractivity contribution in [1.29, 1.82) is 0 Å². The van der Waals surface area contributed by atoms with Crippen molar-refractivity contribution in [3.63, 3.8) is 0 Å². The van der Waals surface area contributed by atoms with Crippen LogP contribution in [0.5, 0.6) is 0 Å². The minimum absolute atomic E-state index is 0.328. The van der Waals surface area contributed by atoms with E-state index in [0.29, 0.717) is 6.54 Å². The van der Waals surface area contributed by atoms with Crippen molar-refractivity contribution in [2.45, 2.75) is 13.0 Å². The summed E-state index contributed by atoms with van der Waals surface area (Å²) in [7, 11) is 1.36. The molecule has 0 saturated carbocycles. The van der Waals surface area contributed by atoms with Gasteiger partial charge in [0.2, 0.25) is 0 Å². The molecule has 1 aromatic rings. The Morgan fingerprint density at radius 3 is 2.94 bits per heavy atom. The molecule has 1 aromatic heterocycles. The lowest BCUT2D eigenvalue weighted by Gasteiger charge is -2.12. The van der Waals surface area contributed by atoms with Crippen LogP contribution in [0.15, 0.2) is 10.5 Å². The average Bonchev–Trinajstić information content (AvgIpc) is 2.59. The number of rotatable bonds is 4. The second kappa shape index (κ2) is 6.04. The zero-order valence-electron chi connectivity index (χ0n) is 9.04. The maximum Gasteiger partial charge on any atom is 0.328 e. The molecule has 0 aromatic carbocycles. The first-order chi connectivity index (χ1) is 7.60. The number of esters is 1. The monoisotopic (exact) mass is 301 g/mol. The molecule has 0 spiro atoms. The van der Waals surface area contributed by atoms with E-state index in [1.807, 2.05) is 13.0 Å². The molecule has 16 heavy (non-hydrogen) atoms. The Kier molecular flexibility index (Phi) is 5.00. The Morgan fingerprint density at radius 1 is 1.81 bits per heavy atom. The van der Waals surface area contributed by atoms with E-state index in [1.54, 1.807) is 0 Å². The van der Waals surface area contributed by atoms with Crippen molar-refractivity contribution < 1.29 is 9.53 Å². The number of nitrogens with one attached hydrogen (secondary N) is 1. The minimum atomic E-state index is -0.490. The van der Waals surface area contributed by atoms with E-state index in [-0.39, 0.29) is 5.97 Å². The molecule has 0 amide bonds. The maximum atomic E-state index is 11.6. The van der Waals surface area contributed by atoms with E-state index in [4.69, 9.17) is 11.2 Å². The molecule has 1 atom stereocenters. The summed E-state index contributed by atoms with van der Waals surface area (Å²) in [6.07, 6.45) is 5.16. The number of terminal acetylenes is 1. The molecule has 5 heteroatoms. The van der Waals surface area contributed by atoms with E-state index >= 15 is 0 Å². The van der Waals surface area contributed by atoms with Crippen molar-refractivity contribution in [2.75, 3.05) is 13.7 Å². The lowest BCUT2D eigenvalue weighted by atomic mass is 10.2. The van der Waals surface area contributed by atoms with E-state index in [1.165, 1.54) is 18.4 Å². The summed E-state index contributed by atoms with van der Waals surface area (Å²) < 4.78 is 5.72. The van der Waals surface area contributed by atoms with E-state index in [2.05, 4.69) is 27.2 Å². The molecule has 1 rings (SSSR count). The summed E-state index contributed by atoms with van der Waals surface area (Å²) in [5.74, 6) is 2.11. The van der Waals surface area contributed by atoms with Crippen molar-refractivity contribution in [3.05, 3.63) is 20.3 Å². The lowest BCUT2D eigenvalue weighted by molar-refractivity contribution is -0.143. The number of thiophene rings is 1. The quantitative estimate of drug-likeness (QED) is 0.685. The minimum Gasteiger partial charge on any atom is -0.468 e. The number of ether oxygens (including phenoxy) is 1. The predicted molar refractivity (Wildman–Crippen MR) is 68.3 cm³/mol. The van der Waals surface area contributed by atoms with Gasteiger partial charge in [0.05, 0.1) is 13.7 Å². The number of aryl methyl sites for hydroxylation is 1. The molecule has 86 valence electrons. The summed E-state index contributed by atoms with van der Waals surface area (Å²) in [6.45, 7) is 2.31. The van der Waals surface area contributed by atoms with Crippen LogP contribution in [-0.4, -0.2) is 19.6 Å². The largest absolute Gasteiger partial charge is 0.468 e. The molecule has 0 radical (unpaired) electrons. The Hall–Kier alpha value is -0.830. The zero-order chi connectivity index (χ0) is 12.1. The molecule has 1 unspecified atom stereocenters. The lowest BCUT2D eigenvalue weighted by Crippen LogP contribution is -2.29. The van der Waals surface area contributed by atoms with Crippen LogP contribution in [0, 0.1) is 19.3 Å². The highest BCUT2D eigenvalue weighted by Crippen LogP contribution is 2.31. The standard InChI is InChI=1S/C11H12BrNO2S/c1-4-5-13-10(11(14)15-3)9-6-8(12)7(2)16-9/h1,6,10,13H,5H2,2-3H3. The first-order valence-electron chi connectivity index (χ1n) is 4.60. The number of hydrogen-bond donors (Lipinski definition) is 1. The summed E-state index contributed by atoms with van der Waals surface area (Å²) in [5, 5.41) is 2.96. The molecular weight excluding hydrogens is 290 g/mol. The van der Waals surface area contributed by atoms with Crippen LogP contribution in [0.3, 0.4) is 0 Å². The second-order valence-electron chi connectivity index (χ2n) is 3.09. The van der Waals surface area contributed by atoms with Gasteiger partial charge in [-0.1, -0.05) is 5.92 Å². The molecule has 0 bridgehead atoms. The third-order valence-electron chi connectivity index (χ3n) is 2.01. The number of methoxy groups -OCH3 is 1. The van der Waals surface area contributed by atoms with Crippen LogP contribution < -0.4 is 5.32 Å². The normalized spacial score (nSPS) is 11.9. The van der Waals surface area contributed by atoms with Gasteiger partial charge in [-0.05, 0) is 28.9 Å². The number of hydrogen-bond acceptors (Lipinski definition) is 4. The van der Waals surface area contributed by atoms with Gasteiger partial charge in [0.25, 0.3) is 0 Å². The van der Waals surface area contributed by atoms with Crippen LogP contribution in [0.1, 0.15) is 15.8 Å². The zero-order valence-corrected chi connectivity index (χ0v) is 11.4.